The van der Waals surface area contributed by atoms with Gasteiger partial charge in [0.2, 0.25) is 0 Å². The maximum Gasteiger partial charge on any atom is 0.414 e. The molecule has 9 nitrogen and oxygen atoms in total. The molecule has 0 atom stereocenters. The van der Waals surface area contributed by atoms with E-state index >= 15 is 0 Å². The quantitative estimate of drug-likeness (QED) is 0.319. The van der Waals surface area contributed by atoms with Gasteiger partial charge in [-0.15, -0.1) is 0 Å². The van der Waals surface area contributed by atoms with E-state index in [1.54, 1.807) is 50.3 Å². The van der Waals surface area contributed by atoms with Gasteiger partial charge in [-0.05, 0) is 43.4 Å². The normalized spacial score (nSPS) is 10.4. The van der Waals surface area contributed by atoms with Gasteiger partial charge in [0.1, 0.15) is 17.1 Å². The molecule has 0 radical (unpaired) electrons. The largest absolute Gasteiger partial charge is 0.422 e. The van der Waals surface area contributed by atoms with Crippen LogP contribution in [0.25, 0.3) is 11.0 Å². The molecule has 0 unspecified atom stereocenters. The first kappa shape index (κ1) is 26.3. The number of nitrogens with zero attached hydrogens (tertiary/aromatic N) is 3. The molecule has 2 aromatic carbocycles. The van der Waals surface area contributed by atoms with Gasteiger partial charge < -0.3 is 25.5 Å². The summed E-state index contributed by atoms with van der Waals surface area (Å²) in [7, 11) is 6.34. The van der Waals surface area contributed by atoms with Crippen LogP contribution < -0.4 is 21.8 Å². The van der Waals surface area contributed by atoms with Crippen LogP contribution in [0, 0.1) is 17.1 Å². The van der Waals surface area contributed by atoms with Gasteiger partial charge >= 0.3 is 11.7 Å². The smallest absolute Gasteiger partial charge is 0.414 e. The van der Waals surface area contributed by atoms with E-state index in [1.807, 2.05) is 0 Å². The molecule has 3 rings (SSSR count). The summed E-state index contributed by atoms with van der Waals surface area (Å²) in [5.74, 6) is -0.375. The Morgan fingerprint density at radius 2 is 1.88 bits per heavy atom. The maximum atomic E-state index is 14.5. The van der Waals surface area contributed by atoms with E-state index in [0.717, 1.165) is 0 Å². The van der Waals surface area contributed by atoms with Crippen LogP contribution in [0.1, 0.15) is 16.7 Å². The third kappa shape index (κ3) is 6.10. The third-order valence-electron chi connectivity index (χ3n) is 4.91. The summed E-state index contributed by atoms with van der Waals surface area (Å²) >= 11 is 0. The first-order chi connectivity index (χ1) is 16.2. The van der Waals surface area contributed by atoms with Gasteiger partial charge in [-0.25, -0.2) is 14.0 Å². The minimum absolute atomic E-state index is 0.0109. The number of ether oxygens (including phenoxy) is 1. The SMILES string of the molecule is CN.CN(CC#N)Cc1c(Cc2cccc(N)c2F)c(=O)oc2cc(OC(=O)N(C)C)ccc12. The van der Waals surface area contributed by atoms with E-state index in [4.69, 9.17) is 20.1 Å². The Morgan fingerprint density at radius 1 is 1.18 bits per heavy atom. The fourth-order valence-corrected chi connectivity index (χ4v) is 3.27. The lowest BCUT2D eigenvalue weighted by molar-refractivity contribution is 0.172. The fourth-order valence-electron chi connectivity index (χ4n) is 3.27. The monoisotopic (exact) mass is 469 g/mol. The molecule has 0 aliphatic carbocycles. The number of nitriles is 1. The maximum absolute atomic E-state index is 14.5. The van der Waals surface area contributed by atoms with E-state index in [9.17, 15) is 14.0 Å². The van der Waals surface area contributed by atoms with Crippen LogP contribution in [-0.4, -0.2) is 50.6 Å². The highest BCUT2D eigenvalue weighted by molar-refractivity contribution is 5.83. The number of benzene rings is 2. The molecule has 4 N–H and O–H groups in total. The molecule has 0 saturated carbocycles. The molecule has 1 aromatic heterocycles. The molecular formula is C24H28FN5O4. The third-order valence-corrected chi connectivity index (χ3v) is 4.91. The summed E-state index contributed by atoms with van der Waals surface area (Å²) < 4.78 is 25.3. The zero-order valence-corrected chi connectivity index (χ0v) is 19.6. The standard InChI is InChI=1S/C23H23FN4O4.CH5N/c1-27(2)23(30)31-15-7-8-16-18(13-28(3)10-9-25)17(22(29)32-20(16)12-15)11-14-5-4-6-19(26)21(14)24;1-2/h4-8,12H,10-11,13,26H2,1-3H3;2H2,1H3. The number of halogens is 1. The van der Waals surface area contributed by atoms with E-state index in [2.05, 4.69) is 11.8 Å². The van der Waals surface area contributed by atoms with E-state index in [-0.39, 0.29) is 47.7 Å². The van der Waals surface area contributed by atoms with Crippen molar-refractivity contribution in [1.29, 1.82) is 5.26 Å². The van der Waals surface area contributed by atoms with E-state index in [0.29, 0.717) is 10.9 Å². The molecule has 1 heterocycles. The molecule has 10 heteroatoms. The van der Waals surface area contributed by atoms with Crippen molar-refractivity contribution in [2.75, 3.05) is 40.5 Å². The molecular weight excluding hydrogens is 441 g/mol. The minimum atomic E-state index is -0.643. The number of rotatable bonds is 6. The van der Waals surface area contributed by atoms with Gasteiger partial charge in [-0.3, -0.25) is 4.90 Å². The van der Waals surface area contributed by atoms with Crippen molar-refractivity contribution < 1.29 is 18.3 Å². The Bertz CT molecular complexity index is 1270. The molecule has 0 aliphatic heterocycles. The van der Waals surface area contributed by atoms with Gasteiger partial charge in [0, 0.05) is 44.1 Å². The summed E-state index contributed by atoms with van der Waals surface area (Å²) in [6.45, 7) is 0.387. The molecule has 0 fully saturated rings. The molecule has 0 spiro atoms. The number of fused-ring (bicyclic) bond motifs is 1. The number of carbonyl (C=O) groups is 1. The van der Waals surface area contributed by atoms with Crippen LogP contribution in [-0.2, 0) is 13.0 Å². The molecule has 0 aliphatic rings. The first-order valence-electron chi connectivity index (χ1n) is 10.3. The zero-order chi connectivity index (χ0) is 25.4. The molecule has 34 heavy (non-hydrogen) atoms. The van der Waals surface area contributed by atoms with Crippen LogP contribution in [0.15, 0.2) is 45.6 Å². The predicted octanol–water partition coefficient (Wildman–Crippen LogP) is 2.70. The number of nitrogens with two attached hydrogens (primary N) is 2. The Labute approximate surface area is 196 Å². The van der Waals surface area contributed by atoms with Crippen molar-refractivity contribution >= 4 is 22.7 Å². The molecule has 1 amide bonds. The Kier molecular flexibility index (Phi) is 9.12. The van der Waals surface area contributed by atoms with Crippen LogP contribution in [0.4, 0.5) is 14.9 Å². The summed E-state index contributed by atoms with van der Waals surface area (Å²) in [5, 5.41) is 9.63. The van der Waals surface area contributed by atoms with Crippen molar-refractivity contribution in [3.63, 3.8) is 0 Å². The lowest BCUT2D eigenvalue weighted by atomic mass is 9.97. The fraction of sp³-hybridized carbons (Fsp3) is 0.292. The zero-order valence-electron chi connectivity index (χ0n) is 19.6. The van der Waals surface area contributed by atoms with Crippen molar-refractivity contribution in [2.45, 2.75) is 13.0 Å². The molecule has 0 bridgehead atoms. The van der Waals surface area contributed by atoms with Crippen molar-refractivity contribution in [3.05, 3.63) is 69.3 Å². The summed E-state index contributed by atoms with van der Waals surface area (Å²) in [6.07, 6.45) is -0.600. The number of hydrogen-bond acceptors (Lipinski definition) is 8. The van der Waals surface area contributed by atoms with Crippen LogP contribution >= 0.6 is 0 Å². The average Bonchev–Trinajstić information content (AvgIpc) is 2.80. The molecule has 180 valence electrons. The second-order valence-electron chi connectivity index (χ2n) is 7.59. The molecule has 0 saturated heterocycles. The predicted molar refractivity (Wildman–Crippen MR) is 128 cm³/mol. The van der Waals surface area contributed by atoms with Crippen LogP contribution in [0.3, 0.4) is 0 Å². The summed E-state index contributed by atoms with van der Waals surface area (Å²) in [4.78, 5) is 27.8. The number of carbonyl (C=O) groups excluding carboxylic acids is 1. The number of anilines is 1. The Hall–Kier alpha value is -3.94. The average molecular weight is 470 g/mol. The van der Waals surface area contributed by atoms with Crippen LogP contribution in [0.5, 0.6) is 5.75 Å². The van der Waals surface area contributed by atoms with Gasteiger partial charge in [0.15, 0.2) is 0 Å². The van der Waals surface area contributed by atoms with E-state index in [1.165, 1.54) is 24.1 Å². The topological polar surface area (TPSA) is 139 Å². The highest BCUT2D eigenvalue weighted by atomic mass is 19.1. The Morgan fingerprint density at radius 3 is 2.53 bits per heavy atom. The van der Waals surface area contributed by atoms with E-state index < -0.39 is 17.5 Å². The number of hydrogen-bond donors (Lipinski definition) is 2. The highest BCUT2D eigenvalue weighted by Gasteiger charge is 2.19. The summed E-state index contributed by atoms with van der Waals surface area (Å²) in [6, 6.07) is 11.4. The Balaban J connectivity index is 0.00000199. The van der Waals surface area contributed by atoms with Crippen LogP contribution in [0.2, 0.25) is 0 Å². The highest BCUT2D eigenvalue weighted by Crippen LogP contribution is 2.28. The minimum Gasteiger partial charge on any atom is -0.422 e. The first-order valence-corrected chi connectivity index (χ1v) is 10.3. The van der Waals surface area contributed by atoms with Crippen molar-refractivity contribution in [2.24, 2.45) is 5.73 Å². The second kappa shape index (κ2) is 11.8. The number of nitrogen functional groups attached to an aromatic ring is 1. The van der Waals surface area contributed by atoms with Gasteiger partial charge in [-0.2, -0.15) is 5.26 Å². The van der Waals surface area contributed by atoms with Gasteiger partial charge in [-0.1, -0.05) is 12.1 Å². The summed E-state index contributed by atoms with van der Waals surface area (Å²) in [5.41, 5.74) is 10.9. The van der Waals surface area contributed by atoms with Crippen molar-refractivity contribution in [1.82, 2.24) is 9.80 Å². The van der Waals surface area contributed by atoms with Gasteiger partial charge in [0.25, 0.3) is 0 Å². The second-order valence-corrected chi connectivity index (χ2v) is 7.59. The van der Waals surface area contributed by atoms with Gasteiger partial charge in [0.05, 0.1) is 18.3 Å². The lowest BCUT2D eigenvalue weighted by Gasteiger charge is -2.18. The number of amides is 1. The molecule has 3 aromatic rings. The van der Waals surface area contributed by atoms with Crippen molar-refractivity contribution in [3.8, 4) is 11.8 Å². The lowest BCUT2D eigenvalue weighted by Crippen LogP contribution is -2.25.